The van der Waals surface area contributed by atoms with Crippen LogP contribution in [0.4, 0.5) is 5.69 Å². The van der Waals surface area contributed by atoms with Crippen molar-refractivity contribution in [3.05, 3.63) is 11.4 Å². The van der Waals surface area contributed by atoms with E-state index in [0.717, 1.165) is 10.6 Å². The summed E-state index contributed by atoms with van der Waals surface area (Å²) in [5.41, 5.74) is 1.30. The standard InChI is InChI=1S/C15H25N3O5S/c1-7-23-14(20)9-10(2)8-13(19)18(24(6,21)22)15-11(3)16-17(5)12(15)4/h10H,7-9H2,1-6H3. The van der Waals surface area contributed by atoms with Gasteiger partial charge in [-0.05, 0) is 26.7 Å². The summed E-state index contributed by atoms with van der Waals surface area (Å²) in [6.45, 7) is 7.02. The molecule has 0 spiro atoms. The molecule has 9 heteroatoms. The fraction of sp³-hybridized carbons (Fsp3) is 0.667. The third kappa shape index (κ3) is 4.80. The summed E-state index contributed by atoms with van der Waals surface area (Å²) in [4.78, 5) is 24.1. The van der Waals surface area contributed by atoms with Crippen molar-refractivity contribution in [1.82, 2.24) is 9.78 Å². The number of aromatic nitrogens is 2. The van der Waals surface area contributed by atoms with Gasteiger partial charge in [0.1, 0.15) is 5.69 Å². The number of amides is 1. The molecule has 136 valence electrons. The maximum absolute atomic E-state index is 12.6. The largest absolute Gasteiger partial charge is 0.466 e. The van der Waals surface area contributed by atoms with Crippen molar-refractivity contribution in [2.45, 2.75) is 40.5 Å². The first-order valence-corrected chi connectivity index (χ1v) is 9.52. The van der Waals surface area contributed by atoms with Crippen molar-refractivity contribution in [1.29, 1.82) is 0 Å². The van der Waals surface area contributed by atoms with Crippen LogP contribution in [0.1, 0.15) is 38.1 Å². The molecule has 0 N–H and O–H groups in total. The molecule has 1 heterocycles. The van der Waals surface area contributed by atoms with E-state index in [0.29, 0.717) is 11.4 Å². The highest BCUT2D eigenvalue weighted by Crippen LogP contribution is 2.27. The lowest BCUT2D eigenvalue weighted by molar-refractivity contribution is -0.144. The van der Waals surface area contributed by atoms with Crippen LogP contribution in [0.15, 0.2) is 0 Å². The van der Waals surface area contributed by atoms with Gasteiger partial charge in [0, 0.05) is 19.9 Å². The predicted molar refractivity (Wildman–Crippen MR) is 90.0 cm³/mol. The van der Waals surface area contributed by atoms with Crippen LogP contribution < -0.4 is 4.31 Å². The van der Waals surface area contributed by atoms with Crippen LogP contribution in [0.2, 0.25) is 0 Å². The normalized spacial score (nSPS) is 12.8. The van der Waals surface area contributed by atoms with E-state index in [1.54, 1.807) is 34.7 Å². The van der Waals surface area contributed by atoms with Gasteiger partial charge in [-0.25, -0.2) is 12.7 Å². The first kappa shape index (κ1) is 20.1. The molecule has 1 aromatic rings. The number of hydrogen-bond donors (Lipinski definition) is 0. The average Bonchev–Trinajstić information content (AvgIpc) is 2.64. The molecule has 0 fully saturated rings. The number of rotatable bonds is 7. The Labute approximate surface area is 142 Å². The van der Waals surface area contributed by atoms with Crippen LogP contribution in [-0.2, 0) is 31.4 Å². The summed E-state index contributed by atoms with van der Waals surface area (Å²) in [5.74, 6) is -1.33. The lowest BCUT2D eigenvalue weighted by Crippen LogP contribution is -2.38. The molecule has 0 aliphatic heterocycles. The Morgan fingerprint density at radius 1 is 1.29 bits per heavy atom. The van der Waals surface area contributed by atoms with Gasteiger partial charge in [0.25, 0.3) is 0 Å². The molecule has 0 aliphatic rings. The fourth-order valence-corrected chi connectivity index (χ4v) is 3.53. The van der Waals surface area contributed by atoms with E-state index < -0.39 is 21.9 Å². The Kier molecular flexibility index (Phi) is 6.53. The third-order valence-corrected chi connectivity index (χ3v) is 4.63. The molecule has 0 saturated heterocycles. The van der Waals surface area contributed by atoms with Gasteiger partial charge in [0.15, 0.2) is 0 Å². The van der Waals surface area contributed by atoms with E-state index in [1.165, 1.54) is 4.68 Å². The van der Waals surface area contributed by atoms with Crippen LogP contribution in [0, 0.1) is 19.8 Å². The molecule has 1 atom stereocenters. The summed E-state index contributed by atoms with van der Waals surface area (Å²) < 4.78 is 31.5. The van der Waals surface area contributed by atoms with E-state index in [2.05, 4.69) is 5.10 Å². The van der Waals surface area contributed by atoms with Crippen molar-refractivity contribution < 1.29 is 22.7 Å². The van der Waals surface area contributed by atoms with Gasteiger partial charge >= 0.3 is 5.97 Å². The molecule has 0 radical (unpaired) electrons. The van der Waals surface area contributed by atoms with E-state index in [9.17, 15) is 18.0 Å². The topological polar surface area (TPSA) is 98.6 Å². The van der Waals surface area contributed by atoms with Crippen LogP contribution in [-0.4, -0.2) is 42.9 Å². The van der Waals surface area contributed by atoms with Crippen molar-refractivity contribution >= 4 is 27.6 Å². The molecule has 24 heavy (non-hydrogen) atoms. The summed E-state index contributed by atoms with van der Waals surface area (Å²) in [6.07, 6.45) is 0.953. The number of hydrogen-bond acceptors (Lipinski definition) is 6. The van der Waals surface area contributed by atoms with Crippen molar-refractivity contribution in [2.24, 2.45) is 13.0 Å². The molecule has 0 aromatic carbocycles. The minimum atomic E-state index is -3.82. The number of esters is 1. The molecule has 0 saturated carbocycles. The Morgan fingerprint density at radius 2 is 1.88 bits per heavy atom. The van der Waals surface area contributed by atoms with Gasteiger partial charge in [-0.3, -0.25) is 14.3 Å². The van der Waals surface area contributed by atoms with Crippen LogP contribution in [0.25, 0.3) is 0 Å². The monoisotopic (exact) mass is 359 g/mol. The maximum Gasteiger partial charge on any atom is 0.306 e. The van der Waals surface area contributed by atoms with Crippen molar-refractivity contribution in [3.8, 4) is 0 Å². The van der Waals surface area contributed by atoms with Gasteiger partial charge in [0.05, 0.1) is 24.3 Å². The van der Waals surface area contributed by atoms with Crippen molar-refractivity contribution in [2.75, 3.05) is 17.2 Å². The molecular formula is C15H25N3O5S. The summed E-state index contributed by atoms with van der Waals surface area (Å²) in [5, 5.41) is 4.16. The highest BCUT2D eigenvalue weighted by molar-refractivity contribution is 7.92. The molecule has 0 aliphatic carbocycles. The fourth-order valence-electron chi connectivity index (χ4n) is 2.49. The highest BCUT2D eigenvalue weighted by atomic mass is 32.2. The Morgan fingerprint density at radius 3 is 2.29 bits per heavy atom. The highest BCUT2D eigenvalue weighted by Gasteiger charge is 2.31. The summed E-state index contributed by atoms with van der Waals surface area (Å²) in [7, 11) is -2.14. The number of sulfonamides is 1. The second-order valence-corrected chi connectivity index (χ2v) is 7.71. The number of carbonyl (C=O) groups is 2. The van der Waals surface area contributed by atoms with E-state index in [-0.39, 0.29) is 31.1 Å². The molecule has 1 amide bonds. The molecule has 1 unspecified atom stereocenters. The van der Waals surface area contributed by atoms with Gasteiger partial charge in [-0.15, -0.1) is 0 Å². The van der Waals surface area contributed by atoms with E-state index in [4.69, 9.17) is 4.74 Å². The van der Waals surface area contributed by atoms with Crippen molar-refractivity contribution in [3.63, 3.8) is 0 Å². The lowest BCUT2D eigenvalue weighted by Gasteiger charge is -2.22. The van der Waals surface area contributed by atoms with E-state index >= 15 is 0 Å². The zero-order valence-corrected chi connectivity index (χ0v) is 15.8. The molecule has 0 bridgehead atoms. The molecule has 1 aromatic heterocycles. The summed E-state index contributed by atoms with van der Waals surface area (Å²) >= 11 is 0. The van der Waals surface area contributed by atoms with Gasteiger partial charge in [-0.1, -0.05) is 6.92 Å². The zero-order chi connectivity index (χ0) is 18.7. The quantitative estimate of drug-likeness (QED) is 0.681. The third-order valence-electron chi connectivity index (χ3n) is 3.58. The molecular weight excluding hydrogens is 334 g/mol. The lowest BCUT2D eigenvalue weighted by atomic mass is 10.0. The van der Waals surface area contributed by atoms with Gasteiger partial charge in [0.2, 0.25) is 15.9 Å². The van der Waals surface area contributed by atoms with E-state index in [1.807, 2.05) is 0 Å². The Hall–Kier alpha value is -1.90. The van der Waals surface area contributed by atoms with Crippen LogP contribution in [0.3, 0.4) is 0 Å². The first-order valence-electron chi connectivity index (χ1n) is 7.67. The Bertz CT molecular complexity index is 724. The number of aryl methyl sites for hydroxylation is 2. The second-order valence-electron chi connectivity index (χ2n) is 5.88. The molecule has 8 nitrogen and oxygen atoms in total. The number of nitrogens with zero attached hydrogens (tertiary/aromatic N) is 3. The van der Waals surface area contributed by atoms with Crippen LogP contribution in [0.5, 0.6) is 0 Å². The second kappa shape index (κ2) is 7.78. The predicted octanol–water partition coefficient (Wildman–Crippen LogP) is 1.31. The smallest absolute Gasteiger partial charge is 0.306 e. The maximum atomic E-state index is 12.6. The number of anilines is 1. The first-order chi connectivity index (χ1) is 11.0. The Balaban J connectivity index is 3.06. The number of ether oxygens (including phenoxy) is 1. The van der Waals surface area contributed by atoms with Gasteiger partial charge < -0.3 is 4.74 Å². The minimum Gasteiger partial charge on any atom is -0.466 e. The zero-order valence-electron chi connectivity index (χ0n) is 15.0. The SMILES string of the molecule is CCOC(=O)CC(C)CC(=O)N(c1c(C)nn(C)c1C)S(C)(=O)=O. The average molecular weight is 359 g/mol. The summed E-state index contributed by atoms with van der Waals surface area (Å²) in [6, 6.07) is 0. The van der Waals surface area contributed by atoms with Crippen LogP contribution >= 0.6 is 0 Å². The minimum absolute atomic E-state index is 0.0577. The van der Waals surface area contributed by atoms with Gasteiger partial charge in [-0.2, -0.15) is 5.10 Å². The molecule has 1 rings (SSSR count). The number of carbonyl (C=O) groups excluding carboxylic acids is 2.